The Morgan fingerprint density at radius 1 is 1.20 bits per heavy atom. The van der Waals surface area contributed by atoms with Crippen molar-refractivity contribution in [1.82, 2.24) is 4.57 Å². The van der Waals surface area contributed by atoms with Crippen LogP contribution in [0.25, 0.3) is 10.9 Å². The van der Waals surface area contributed by atoms with Crippen LogP contribution in [-0.2, 0) is 7.05 Å². The van der Waals surface area contributed by atoms with Crippen molar-refractivity contribution in [1.29, 1.82) is 0 Å². The van der Waals surface area contributed by atoms with Crippen LogP contribution >= 0.6 is 0 Å². The molecule has 2 nitrogen and oxygen atoms in total. The minimum Gasteiger partial charge on any atom is -0.347 e. The van der Waals surface area contributed by atoms with E-state index in [-0.39, 0.29) is 0 Å². The van der Waals surface area contributed by atoms with Crippen molar-refractivity contribution in [2.24, 2.45) is 7.05 Å². The lowest BCUT2D eigenvalue weighted by atomic mass is 10.0. The number of aldehydes is 1. The standard InChI is InChI=1S/C13H15NO/c1-8-5-6-11-12(7-15)10(3)14(4)13(11)9(8)2/h5-7H,1-4H3. The molecule has 0 fully saturated rings. The quantitative estimate of drug-likeness (QED) is 0.650. The number of fused-ring (bicyclic) bond motifs is 1. The molecule has 0 aliphatic heterocycles. The fourth-order valence-corrected chi connectivity index (χ4v) is 2.14. The Labute approximate surface area is 89.5 Å². The van der Waals surface area contributed by atoms with E-state index in [1.165, 1.54) is 16.6 Å². The lowest BCUT2D eigenvalue weighted by Gasteiger charge is -2.05. The molecule has 0 saturated heterocycles. The second-order valence-electron chi connectivity index (χ2n) is 4.08. The second kappa shape index (κ2) is 3.23. The zero-order chi connectivity index (χ0) is 11.2. The zero-order valence-electron chi connectivity index (χ0n) is 9.59. The normalized spacial score (nSPS) is 10.9. The smallest absolute Gasteiger partial charge is 0.152 e. The highest BCUT2D eigenvalue weighted by Crippen LogP contribution is 2.27. The van der Waals surface area contributed by atoms with E-state index in [0.717, 1.165) is 22.9 Å². The summed E-state index contributed by atoms with van der Waals surface area (Å²) in [4.78, 5) is 11.0. The number of aromatic nitrogens is 1. The summed E-state index contributed by atoms with van der Waals surface area (Å²) in [6, 6.07) is 4.11. The van der Waals surface area contributed by atoms with E-state index in [0.29, 0.717) is 0 Å². The highest BCUT2D eigenvalue weighted by molar-refractivity contribution is 6.00. The maximum absolute atomic E-state index is 11.0. The molecule has 0 saturated carbocycles. The van der Waals surface area contributed by atoms with Crippen LogP contribution in [0.3, 0.4) is 0 Å². The van der Waals surface area contributed by atoms with Crippen molar-refractivity contribution < 1.29 is 4.79 Å². The molecule has 0 spiro atoms. The molecule has 2 rings (SSSR count). The van der Waals surface area contributed by atoms with Crippen LogP contribution in [0.15, 0.2) is 12.1 Å². The first-order valence-electron chi connectivity index (χ1n) is 5.08. The maximum Gasteiger partial charge on any atom is 0.152 e. The molecule has 0 radical (unpaired) electrons. The molecule has 0 bridgehead atoms. The van der Waals surface area contributed by atoms with Gasteiger partial charge >= 0.3 is 0 Å². The van der Waals surface area contributed by atoms with Crippen LogP contribution < -0.4 is 0 Å². The third-order valence-corrected chi connectivity index (χ3v) is 3.34. The van der Waals surface area contributed by atoms with Gasteiger partial charge in [0.1, 0.15) is 0 Å². The number of hydrogen-bond acceptors (Lipinski definition) is 1. The Bertz CT molecular complexity index is 549. The predicted molar refractivity (Wildman–Crippen MR) is 62.5 cm³/mol. The summed E-state index contributed by atoms with van der Waals surface area (Å²) in [6.07, 6.45) is 0.951. The molecule has 15 heavy (non-hydrogen) atoms. The van der Waals surface area contributed by atoms with Crippen LogP contribution in [0.2, 0.25) is 0 Å². The summed E-state index contributed by atoms with van der Waals surface area (Å²) in [5.41, 5.74) is 5.55. The maximum atomic E-state index is 11.0. The van der Waals surface area contributed by atoms with Gasteiger partial charge in [-0.3, -0.25) is 4.79 Å². The summed E-state index contributed by atoms with van der Waals surface area (Å²) in [6.45, 7) is 6.18. The van der Waals surface area contributed by atoms with Gasteiger partial charge in [-0.25, -0.2) is 0 Å². The van der Waals surface area contributed by atoms with Gasteiger partial charge in [-0.2, -0.15) is 0 Å². The fourth-order valence-electron chi connectivity index (χ4n) is 2.14. The predicted octanol–water partition coefficient (Wildman–Crippen LogP) is 2.92. The van der Waals surface area contributed by atoms with Gasteiger partial charge in [0.05, 0.1) is 5.52 Å². The van der Waals surface area contributed by atoms with Crippen molar-refractivity contribution >= 4 is 17.2 Å². The van der Waals surface area contributed by atoms with Crippen molar-refractivity contribution in [2.45, 2.75) is 20.8 Å². The van der Waals surface area contributed by atoms with Crippen LogP contribution in [0, 0.1) is 20.8 Å². The van der Waals surface area contributed by atoms with Crippen LogP contribution in [0.4, 0.5) is 0 Å². The molecule has 0 aliphatic rings. The van der Waals surface area contributed by atoms with Crippen LogP contribution in [0.5, 0.6) is 0 Å². The van der Waals surface area contributed by atoms with Gasteiger partial charge in [-0.05, 0) is 31.9 Å². The Morgan fingerprint density at radius 2 is 1.87 bits per heavy atom. The zero-order valence-corrected chi connectivity index (χ0v) is 9.59. The van der Waals surface area contributed by atoms with Gasteiger partial charge < -0.3 is 4.57 Å². The van der Waals surface area contributed by atoms with Crippen molar-refractivity contribution in [2.75, 3.05) is 0 Å². The Morgan fingerprint density at radius 3 is 2.47 bits per heavy atom. The first-order chi connectivity index (χ1) is 7.07. The highest BCUT2D eigenvalue weighted by atomic mass is 16.1. The fraction of sp³-hybridized carbons (Fsp3) is 0.308. The molecule has 1 aromatic carbocycles. The number of rotatable bonds is 1. The number of hydrogen-bond donors (Lipinski definition) is 0. The minimum atomic E-state index is 0.815. The minimum absolute atomic E-state index is 0.815. The van der Waals surface area contributed by atoms with Gasteiger partial charge in [0.15, 0.2) is 6.29 Å². The summed E-state index contributed by atoms with van der Waals surface area (Å²) in [7, 11) is 2.01. The van der Waals surface area contributed by atoms with Crippen molar-refractivity contribution in [3.8, 4) is 0 Å². The van der Waals surface area contributed by atoms with E-state index >= 15 is 0 Å². The third-order valence-electron chi connectivity index (χ3n) is 3.34. The third kappa shape index (κ3) is 1.21. The van der Waals surface area contributed by atoms with Crippen LogP contribution in [-0.4, -0.2) is 10.9 Å². The van der Waals surface area contributed by atoms with E-state index in [4.69, 9.17) is 0 Å². The molecule has 78 valence electrons. The number of carbonyl (C=O) groups excluding carboxylic acids is 1. The Balaban J connectivity index is 3.03. The second-order valence-corrected chi connectivity index (χ2v) is 4.08. The molecule has 1 aromatic heterocycles. The number of benzene rings is 1. The highest BCUT2D eigenvalue weighted by Gasteiger charge is 2.13. The summed E-state index contributed by atoms with van der Waals surface area (Å²) >= 11 is 0. The van der Waals surface area contributed by atoms with Gasteiger partial charge in [0.2, 0.25) is 0 Å². The molecule has 0 atom stereocenters. The first-order valence-corrected chi connectivity index (χ1v) is 5.08. The topological polar surface area (TPSA) is 22.0 Å². The van der Waals surface area contributed by atoms with Gasteiger partial charge in [0.25, 0.3) is 0 Å². The summed E-state index contributed by atoms with van der Waals surface area (Å²) in [5.74, 6) is 0. The molecule has 2 heteroatoms. The number of aryl methyl sites for hydroxylation is 3. The molecule has 0 unspecified atom stereocenters. The monoisotopic (exact) mass is 201 g/mol. The first kappa shape index (κ1) is 9.97. The lowest BCUT2D eigenvalue weighted by molar-refractivity contribution is 0.112. The average molecular weight is 201 g/mol. The van der Waals surface area contributed by atoms with E-state index in [1.54, 1.807) is 0 Å². The van der Waals surface area contributed by atoms with E-state index < -0.39 is 0 Å². The molecule has 1 heterocycles. The van der Waals surface area contributed by atoms with Gasteiger partial charge in [-0.15, -0.1) is 0 Å². The summed E-state index contributed by atoms with van der Waals surface area (Å²) < 4.78 is 2.10. The molecular formula is C13H15NO. The molecule has 2 aromatic rings. The Hall–Kier alpha value is -1.57. The van der Waals surface area contributed by atoms with Crippen molar-refractivity contribution in [3.05, 3.63) is 34.5 Å². The van der Waals surface area contributed by atoms with Crippen molar-refractivity contribution in [3.63, 3.8) is 0 Å². The van der Waals surface area contributed by atoms with Crippen LogP contribution in [0.1, 0.15) is 27.2 Å². The van der Waals surface area contributed by atoms with E-state index in [9.17, 15) is 4.79 Å². The molecule has 0 amide bonds. The largest absolute Gasteiger partial charge is 0.347 e. The lowest BCUT2D eigenvalue weighted by Crippen LogP contribution is -1.93. The number of carbonyl (C=O) groups is 1. The van der Waals surface area contributed by atoms with E-state index in [1.807, 2.05) is 20.0 Å². The summed E-state index contributed by atoms with van der Waals surface area (Å²) in [5, 5.41) is 1.06. The van der Waals surface area contributed by atoms with Gasteiger partial charge in [-0.1, -0.05) is 12.1 Å². The van der Waals surface area contributed by atoms with Gasteiger partial charge in [0, 0.05) is 23.7 Å². The molecular weight excluding hydrogens is 186 g/mol. The number of nitrogens with zero attached hydrogens (tertiary/aromatic N) is 1. The average Bonchev–Trinajstić information content (AvgIpc) is 2.46. The van der Waals surface area contributed by atoms with E-state index in [2.05, 4.69) is 24.5 Å². The molecule has 0 N–H and O–H groups in total. The molecule has 0 aliphatic carbocycles. The SMILES string of the molecule is Cc1ccc2c(C=O)c(C)n(C)c2c1C. The Kier molecular flexibility index (Phi) is 2.14.